The lowest BCUT2D eigenvalue weighted by molar-refractivity contribution is -0.219. The fraction of sp³-hybridized carbons (Fsp3) is 0.500. The average molecular weight is 459 g/mol. The van der Waals surface area contributed by atoms with Crippen LogP contribution in [0.1, 0.15) is 37.7 Å². The van der Waals surface area contributed by atoms with Crippen LogP contribution in [-0.4, -0.2) is 48.8 Å². The third kappa shape index (κ3) is 2.92. The second-order valence-corrected chi connectivity index (χ2v) is 8.33. The Morgan fingerprint density at radius 2 is 1.91 bits per heavy atom. The molecule has 2 aliphatic rings. The van der Waals surface area contributed by atoms with E-state index in [0.717, 1.165) is 0 Å². The van der Waals surface area contributed by atoms with Crippen LogP contribution in [0.15, 0.2) is 29.0 Å². The minimum atomic E-state index is -2.28. The minimum Gasteiger partial charge on any atom is -0.497 e. The van der Waals surface area contributed by atoms with Crippen LogP contribution in [0.4, 0.5) is 0 Å². The number of ether oxygens (including phenoxy) is 4. The number of hydrogen-bond acceptors (Lipinski definition) is 9. The molecule has 178 valence electrons. The van der Waals surface area contributed by atoms with Crippen molar-refractivity contribution in [1.82, 2.24) is 5.16 Å². The van der Waals surface area contributed by atoms with Gasteiger partial charge in [0.25, 0.3) is 0 Å². The van der Waals surface area contributed by atoms with E-state index in [1.165, 1.54) is 14.2 Å². The van der Waals surface area contributed by atoms with Crippen LogP contribution in [0, 0.1) is 11.8 Å². The van der Waals surface area contributed by atoms with Crippen LogP contribution in [0.3, 0.4) is 0 Å². The molecule has 0 unspecified atom stereocenters. The van der Waals surface area contributed by atoms with Gasteiger partial charge < -0.3 is 33.7 Å². The van der Waals surface area contributed by atoms with Crippen LogP contribution in [0.25, 0.3) is 11.3 Å². The standard InChI is InChI=1S/C24H29NO8/c1-7-31-13(4)23(27)15-10-14(29-5)11-16(30-6)18(15)21-20-17(33-25-21)9-12(3)19(24(20,23)28)22(26)32-8-2/h10-12,19,27-28H,4,7-9H2,1-3,5-6H3/t12-,19-,23-,24+/m0/s1. The Morgan fingerprint density at radius 1 is 1.21 bits per heavy atom. The maximum absolute atomic E-state index is 13.2. The molecule has 1 heterocycles. The molecule has 0 radical (unpaired) electrons. The Hall–Kier alpha value is -3.04. The Balaban J connectivity index is 2.15. The summed E-state index contributed by atoms with van der Waals surface area (Å²) in [7, 11) is 2.95. The smallest absolute Gasteiger partial charge is 0.312 e. The van der Waals surface area contributed by atoms with Crippen molar-refractivity contribution in [2.75, 3.05) is 27.4 Å². The number of carbonyl (C=O) groups is 1. The molecule has 4 rings (SSSR count). The number of carbonyl (C=O) groups excluding carboxylic acids is 1. The van der Waals surface area contributed by atoms with E-state index in [1.807, 2.05) is 0 Å². The Bertz CT molecular complexity index is 1110. The Labute approximate surface area is 191 Å². The van der Waals surface area contributed by atoms with Gasteiger partial charge in [0.05, 0.1) is 44.5 Å². The van der Waals surface area contributed by atoms with Crippen molar-refractivity contribution in [3.8, 4) is 22.8 Å². The molecular weight excluding hydrogens is 430 g/mol. The molecule has 4 atom stereocenters. The quantitative estimate of drug-likeness (QED) is 0.475. The number of fused-ring (bicyclic) bond motifs is 2. The van der Waals surface area contributed by atoms with Gasteiger partial charge in [-0.15, -0.1) is 0 Å². The number of methoxy groups -OCH3 is 2. The zero-order chi connectivity index (χ0) is 24.1. The van der Waals surface area contributed by atoms with Crippen molar-refractivity contribution in [2.45, 2.75) is 38.4 Å². The first-order chi connectivity index (χ1) is 15.7. The van der Waals surface area contributed by atoms with Crippen molar-refractivity contribution in [3.63, 3.8) is 0 Å². The van der Waals surface area contributed by atoms with Gasteiger partial charge in [-0.25, -0.2) is 0 Å². The number of hydrogen-bond donors (Lipinski definition) is 2. The third-order valence-corrected chi connectivity index (χ3v) is 6.64. The number of nitrogens with zero attached hydrogens (tertiary/aromatic N) is 1. The van der Waals surface area contributed by atoms with Crippen molar-refractivity contribution >= 4 is 5.97 Å². The second-order valence-electron chi connectivity index (χ2n) is 8.33. The summed E-state index contributed by atoms with van der Waals surface area (Å²) in [6.07, 6.45) is 0.319. The zero-order valence-electron chi connectivity index (χ0n) is 19.4. The van der Waals surface area contributed by atoms with E-state index in [0.29, 0.717) is 29.2 Å². The van der Waals surface area contributed by atoms with E-state index in [9.17, 15) is 15.0 Å². The topological polar surface area (TPSA) is 120 Å². The highest BCUT2D eigenvalue weighted by atomic mass is 16.5. The molecule has 0 aliphatic heterocycles. The van der Waals surface area contributed by atoms with Gasteiger partial charge in [-0.2, -0.15) is 0 Å². The number of benzene rings is 1. The monoisotopic (exact) mass is 459 g/mol. The van der Waals surface area contributed by atoms with Crippen molar-refractivity contribution in [3.05, 3.63) is 41.4 Å². The van der Waals surface area contributed by atoms with Crippen molar-refractivity contribution < 1.29 is 38.5 Å². The molecule has 0 amide bonds. The summed E-state index contributed by atoms with van der Waals surface area (Å²) in [4.78, 5) is 13.2. The van der Waals surface area contributed by atoms with Crippen molar-refractivity contribution in [2.24, 2.45) is 11.8 Å². The van der Waals surface area contributed by atoms with Crippen LogP contribution < -0.4 is 9.47 Å². The molecule has 2 aliphatic carbocycles. The van der Waals surface area contributed by atoms with E-state index in [1.54, 1.807) is 32.9 Å². The molecule has 9 heteroatoms. The van der Waals surface area contributed by atoms with Gasteiger partial charge in [0.15, 0.2) is 5.60 Å². The van der Waals surface area contributed by atoms with E-state index < -0.39 is 29.0 Å². The SMILES string of the molecule is C=C(OCC)[C@]1(O)c2cc(OC)cc(OC)c2-c2noc3c2[C@]1(O)[C@H](C(=O)OCC)[C@@H](C)C3. The van der Waals surface area contributed by atoms with E-state index in [4.69, 9.17) is 23.5 Å². The molecule has 2 aromatic rings. The van der Waals surface area contributed by atoms with Gasteiger partial charge in [0.2, 0.25) is 0 Å². The van der Waals surface area contributed by atoms with Gasteiger partial charge in [0.1, 0.15) is 34.3 Å². The number of aromatic nitrogens is 1. The molecule has 33 heavy (non-hydrogen) atoms. The lowest BCUT2D eigenvalue weighted by Crippen LogP contribution is -2.62. The largest absolute Gasteiger partial charge is 0.497 e. The molecule has 0 saturated heterocycles. The maximum atomic E-state index is 13.2. The Morgan fingerprint density at radius 3 is 2.52 bits per heavy atom. The first-order valence-electron chi connectivity index (χ1n) is 10.9. The zero-order valence-corrected chi connectivity index (χ0v) is 19.4. The number of esters is 1. The number of aliphatic hydroxyl groups is 2. The summed E-state index contributed by atoms with van der Waals surface area (Å²) < 4.78 is 27.6. The maximum Gasteiger partial charge on any atom is 0.312 e. The van der Waals surface area contributed by atoms with E-state index >= 15 is 0 Å². The fourth-order valence-corrected chi connectivity index (χ4v) is 5.29. The summed E-state index contributed by atoms with van der Waals surface area (Å²) in [5, 5.41) is 29.2. The highest BCUT2D eigenvalue weighted by Gasteiger charge is 2.69. The molecular formula is C24H29NO8. The van der Waals surface area contributed by atoms with Gasteiger partial charge in [-0.3, -0.25) is 4.79 Å². The highest BCUT2D eigenvalue weighted by molar-refractivity contribution is 5.85. The molecule has 0 fully saturated rings. The summed E-state index contributed by atoms with van der Waals surface area (Å²) in [5.41, 5.74) is -3.46. The molecule has 1 aromatic heterocycles. The molecule has 0 saturated carbocycles. The fourth-order valence-electron chi connectivity index (χ4n) is 5.29. The number of rotatable bonds is 7. The lowest BCUT2D eigenvalue weighted by atomic mass is 9.55. The molecule has 0 bridgehead atoms. The predicted molar refractivity (Wildman–Crippen MR) is 117 cm³/mol. The summed E-state index contributed by atoms with van der Waals surface area (Å²) in [5.74, 6) is -1.31. The van der Waals surface area contributed by atoms with Gasteiger partial charge in [0, 0.05) is 18.1 Å². The van der Waals surface area contributed by atoms with Crippen LogP contribution in [0.2, 0.25) is 0 Å². The van der Waals surface area contributed by atoms with E-state index in [2.05, 4.69) is 11.7 Å². The van der Waals surface area contributed by atoms with Gasteiger partial charge in [-0.1, -0.05) is 18.7 Å². The summed E-state index contributed by atoms with van der Waals surface area (Å²) >= 11 is 0. The second kappa shape index (κ2) is 8.07. The third-order valence-electron chi connectivity index (χ3n) is 6.64. The van der Waals surface area contributed by atoms with Gasteiger partial charge >= 0.3 is 5.97 Å². The van der Waals surface area contributed by atoms with E-state index in [-0.39, 0.29) is 35.8 Å². The minimum absolute atomic E-state index is 0.116. The van der Waals surface area contributed by atoms with Crippen LogP contribution >= 0.6 is 0 Å². The normalized spacial score (nSPS) is 27.2. The lowest BCUT2D eigenvalue weighted by Gasteiger charge is -2.53. The average Bonchev–Trinajstić information content (AvgIpc) is 3.21. The highest BCUT2D eigenvalue weighted by Crippen LogP contribution is 2.63. The molecule has 2 N–H and O–H groups in total. The van der Waals surface area contributed by atoms with Gasteiger partial charge in [-0.05, 0) is 25.8 Å². The molecule has 9 nitrogen and oxygen atoms in total. The molecule has 1 aromatic carbocycles. The van der Waals surface area contributed by atoms with Crippen molar-refractivity contribution in [1.29, 1.82) is 0 Å². The predicted octanol–water partition coefficient (Wildman–Crippen LogP) is 2.67. The Kier molecular flexibility index (Phi) is 5.66. The summed E-state index contributed by atoms with van der Waals surface area (Å²) in [6.45, 7) is 9.45. The first-order valence-corrected chi connectivity index (χ1v) is 10.9. The molecule has 0 spiro atoms. The van der Waals surface area contributed by atoms with Crippen LogP contribution in [-0.2, 0) is 31.9 Å². The van der Waals surface area contributed by atoms with Crippen LogP contribution in [0.5, 0.6) is 11.5 Å². The summed E-state index contributed by atoms with van der Waals surface area (Å²) in [6, 6.07) is 3.20. The first kappa shape index (κ1) is 23.1.